The van der Waals surface area contributed by atoms with Crippen molar-refractivity contribution in [1.29, 1.82) is 0 Å². The zero-order chi connectivity index (χ0) is 11.6. The van der Waals surface area contributed by atoms with Crippen molar-refractivity contribution in [3.05, 3.63) is 0 Å². The van der Waals surface area contributed by atoms with E-state index in [9.17, 15) is 9.90 Å². The molecule has 3 nitrogen and oxygen atoms in total. The van der Waals surface area contributed by atoms with Crippen LogP contribution < -0.4 is 0 Å². The molecular formula is C13H23NO2. The molecule has 0 unspecified atom stereocenters. The van der Waals surface area contributed by atoms with Crippen molar-refractivity contribution in [3.8, 4) is 0 Å². The number of hydrogen-bond acceptors (Lipinski definition) is 2. The van der Waals surface area contributed by atoms with E-state index in [2.05, 4.69) is 11.8 Å². The largest absolute Gasteiger partial charge is 0.481 e. The van der Waals surface area contributed by atoms with Gasteiger partial charge in [-0.1, -0.05) is 6.92 Å². The SMILES string of the molecule is CC1CCC(CN2CCCC2)(C(=O)O)CC1. The Hall–Kier alpha value is -0.570. The Balaban J connectivity index is 2.00. The number of carbonyl (C=O) groups is 1. The van der Waals surface area contributed by atoms with Crippen molar-refractivity contribution in [2.45, 2.75) is 45.4 Å². The molecule has 1 heterocycles. The van der Waals surface area contributed by atoms with E-state index in [1.54, 1.807) is 0 Å². The first kappa shape index (κ1) is 11.9. The Morgan fingerprint density at radius 1 is 1.31 bits per heavy atom. The average molecular weight is 225 g/mol. The smallest absolute Gasteiger partial charge is 0.310 e. The quantitative estimate of drug-likeness (QED) is 0.801. The second kappa shape index (κ2) is 4.74. The van der Waals surface area contributed by atoms with E-state index in [0.29, 0.717) is 5.92 Å². The van der Waals surface area contributed by atoms with E-state index in [1.807, 2.05) is 0 Å². The highest BCUT2D eigenvalue weighted by atomic mass is 16.4. The molecule has 2 aliphatic rings. The third-order valence-electron chi connectivity index (χ3n) is 4.41. The van der Waals surface area contributed by atoms with Gasteiger partial charge in [0.25, 0.3) is 0 Å². The molecule has 16 heavy (non-hydrogen) atoms. The van der Waals surface area contributed by atoms with Crippen molar-refractivity contribution in [1.82, 2.24) is 4.90 Å². The van der Waals surface area contributed by atoms with Gasteiger partial charge in [-0.2, -0.15) is 0 Å². The van der Waals surface area contributed by atoms with Gasteiger partial charge in [-0.25, -0.2) is 0 Å². The lowest BCUT2D eigenvalue weighted by Crippen LogP contribution is -2.44. The van der Waals surface area contributed by atoms with Crippen LogP contribution in [-0.2, 0) is 4.79 Å². The molecule has 0 spiro atoms. The number of nitrogens with zero attached hydrogens (tertiary/aromatic N) is 1. The molecule has 1 saturated heterocycles. The summed E-state index contributed by atoms with van der Waals surface area (Å²) in [6.45, 7) is 5.23. The van der Waals surface area contributed by atoms with Crippen LogP contribution >= 0.6 is 0 Å². The molecule has 0 radical (unpaired) electrons. The Bertz CT molecular complexity index is 251. The van der Waals surface area contributed by atoms with Gasteiger partial charge < -0.3 is 10.0 Å². The highest BCUT2D eigenvalue weighted by Gasteiger charge is 2.42. The van der Waals surface area contributed by atoms with Crippen LogP contribution in [0.2, 0.25) is 0 Å². The zero-order valence-electron chi connectivity index (χ0n) is 10.2. The molecule has 92 valence electrons. The fourth-order valence-electron chi connectivity index (χ4n) is 3.12. The van der Waals surface area contributed by atoms with Crippen molar-refractivity contribution < 1.29 is 9.90 Å². The third-order valence-corrected chi connectivity index (χ3v) is 4.41. The normalized spacial score (nSPS) is 36.4. The maximum Gasteiger partial charge on any atom is 0.310 e. The van der Waals surface area contributed by atoms with Crippen LogP contribution in [0.1, 0.15) is 45.4 Å². The average Bonchev–Trinajstić information content (AvgIpc) is 2.74. The summed E-state index contributed by atoms with van der Waals surface area (Å²) >= 11 is 0. The summed E-state index contributed by atoms with van der Waals surface area (Å²) in [7, 11) is 0. The predicted molar refractivity (Wildman–Crippen MR) is 63.4 cm³/mol. The molecule has 0 aromatic heterocycles. The molecule has 1 N–H and O–H groups in total. The van der Waals surface area contributed by atoms with Gasteiger partial charge in [0.1, 0.15) is 0 Å². The lowest BCUT2D eigenvalue weighted by atomic mass is 9.70. The third kappa shape index (κ3) is 2.40. The number of carboxylic acids is 1. The van der Waals surface area contributed by atoms with Crippen molar-refractivity contribution >= 4 is 5.97 Å². The Morgan fingerprint density at radius 3 is 2.38 bits per heavy atom. The van der Waals surface area contributed by atoms with E-state index < -0.39 is 11.4 Å². The van der Waals surface area contributed by atoms with Crippen molar-refractivity contribution in [3.63, 3.8) is 0 Å². The number of likely N-dealkylation sites (tertiary alicyclic amines) is 1. The van der Waals surface area contributed by atoms with E-state index in [-0.39, 0.29) is 0 Å². The summed E-state index contributed by atoms with van der Waals surface area (Å²) in [4.78, 5) is 13.9. The van der Waals surface area contributed by atoms with Crippen LogP contribution in [0.4, 0.5) is 0 Å². The molecular weight excluding hydrogens is 202 g/mol. The summed E-state index contributed by atoms with van der Waals surface area (Å²) < 4.78 is 0. The maximum atomic E-state index is 11.5. The van der Waals surface area contributed by atoms with Gasteiger partial charge in [0.05, 0.1) is 5.41 Å². The molecule has 2 rings (SSSR count). The molecule has 1 aliphatic carbocycles. The fraction of sp³-hybridized carbons (Fsp3) is 0.923. The molecule has 3 heteroatoms. The molecule has 1 saturated carbocycles. The highest BCUT2D eigenvalue weighted by molar-refractivity contribution is 5.75. The Kier molecular flexibility index (Phi) is 3.53. The summed E-state index contributed by atoms with van der Waals surface area (Å²) in [6.07, 6.45) is 6.40. The standard InChI is InChI=1S/C13H23NO2/c1-11-4-6-13(7-5-11,12(15)16)10-14-8-2-3-9-14/h11H,2-10H2,1H3,(H,15,16). The molecule has 0 bridgehead atoms. The van der Waals surface area contributed by atoms with Gasteiger partial charge in [-0.05, 0) is 57.5 Å². The Morgan fingerprint density at radius 2 is 1.88 bits per heavy atom. The summed E-state index contributed by atoms with van der Waals surface area (Å²) in [5.74, 6) is 0.150. The highest BCUT2D eigenvalue weighted by Crippen LogP contribution is 2.40. The number of aliphatic carboxylic acids is 1. The second-order valence-electron chi connectivity index (χ2n) is 5.75. The van der Waals surface area contributed by atoms with Gasteiger partial charge in [-0.3, -0.25) is 4.79 Å². The van der Waals surface area contributed by atoms with E-state index in [4.69, 9.17) is 0 Å². The van der Waals surface area contributed by atoms with Crippen LogP contribution in [0.5, 0.6) is 0 Å². The molecule has 0 aromatic carbocycles. The van der Waals surface area contributed by atoms with Gasteiger partial charge in [-0.15, -0.1) is 0 Å². The minimum Gasteiger partial charge on any atom is -0.481 e. The summed E-state index contributed by atoms with van der Waals surface area (Å²) in [6, 6.07) is 0. The molecule has 0 amide bonds. The minimum absolute atomic E-state index is 0.434. The van der Waals surface area contributed by atoms with E-state index in [1.165, 1.54) is 12.8 Å². The lowest BCUT2D eigenvalue weighted by molar-refractivity contribution is -0.153. The van der Waals surface area contributed by atoms with Crippen LogP contribution in [-0.4, -0.2) is 35.6 Å². The molecule has 0 aromatic rings. The fourth-order valence-corrected chi connectivity index (χ4v) is 3.12. The summed E-state index contributed by atoms with van der Waals surface area (Å²) in [5, 5.41) is 9.51. The van der Waals surface area contributed by atoms with Gasteiger partial charge in [0.15, 0.2) is 0 Å². The van der Waals surface area contributed by atoms with Crippen LogP contribution in [0.15, 0.2) is 0 Å². The molecule has 1 aliphatic heterocycles. The number of carboxylic acid groups (broad SMARTS) is 1. The number of rotatable bonds is 3. The lowest BCUT2D eigenvalue weighted by Gasteiger charge is -2.38. The van der Waals surface area contributed by atoms with Crippen molar-refractivity contribution in [2.75, 3.05) is 19.6 Å². The first-order valence-corrected chi connectivity index (χ1v) is 6.58. The van der Waals surface area contributed by atoms with Crippen molar-refractivity contribution in [2.24, 2.45) is 11.3 Å². The predicted octanol–water partition coefficient (Wildman–Crippen LogP) is 2.36. The monoisotopic (exact) mass is 225 g/mol. The van der Waals surface area contributed by atoms with Gasteiger partial charge in [0, 0.05) is 6.54 Å². The number of hydrogen-bond donors (Lipinski definition) is 1. The van der Waals surface area contributed by atoms with E-state index in [0.717, 1.165) is 45.3 Å². The van der Waals surface area contributed by atoms with Gasteiger partial charge >= 0.3 is 5.97 Å². The first-order valence-electron chi connectivity index (χ1n) is 6.58. The molecule has 0 atom stereocenters. The van der Waals surface area contributed by atoms with Crippen LogP contribution in [0, 0.1) is 11.3 Å². The Labute approximate surface area is 97.8 Å². The summed E-state index contributed by atoms with van der Waals surface area (Å²) in [5.41, 5.74) is -0.434. The second-order valence-corrected chi connectivity index (χ2v) is 5.75. The van der Waals surface area contributed by atoms with E-state index >= 15 is 0 Å². The minimum atomic E-state index is -0.564. The topological polar surface area (TPSA) is 40.5 Å². The first-order chi connectivity index (χ1) is 7.62. The van der Waals surface area contributed by atoms with Crippen LogP contribution in [0.25, 0.3) is 0 Å². The van der Waals surface area contributed by atoms with Gasteiger partial charge in [0.2, 0.25) is 0 Å². The zero-order valence-corrected chi connectivity index (χ0v) is 10.2. The maximum absolute atomic E-state index is 11.5. The van der Waals surface area contributed by atoms with Crippen LogP contribution in [0.3, 0.4) is 0 Å². The molecule has 2 fully saturated rings.